The summed E-state index contributed by atoms with van der Waals surface area (Å²) in [4.78, 5) is 2.57. The van der Waals surface area contributed by atoms with Gasteiger partial charge >= 0.3 is 0 Å². The maximum absolute atomic E-state index is 4.49. The fraction of sp³-hybridized carbons (Fsp3) is 0.471. The van der Waals surface area contributed by atoms with Crippen LogP contribution in [0.1, 0.15) is 18.4 Å². The Balaban J connectivity index is 1.43. The monoisotopic (exact) mass is 282 g/mol. The molecule has 1 N–H and O–H groups in total. The van der Waals surface area contributed by atoms with Crippen LogP contribution in [0.2, 0.25) is 0 Å². The number of para-hydroxylation sites is 1. The fourth-order valence-electron chi connectivity index (χ4n) is 3.69. The van der Waals surface area contributed by atoms with Gasteiger partial charge in [0.15, 0.2) is 0 Å². The van der Waals surface area contributed by atoms with Gasteiger partial charge in [-0.05, 0) is 37.4 Å². The predicted octanol–water partition coefficient (Wildman–Crippen LogP) is 2.06. The Morgan fingerprint density at radius 2 is 2.10 bits per heavy atom. The van der Waals surface area contributed by atoms with Gasteiger partial charge in [0.05, 0.1) is 11.9 Å². The summed E-state index contributed by atoms with van der Waals surface area (Å²) in [5.74, 6) is 0.850. The molecular weight excluding hydrogens is 260 g/mol. The summed E-state index contributed by atoms with van der Waals surface area (Å²) in [6.45, 7) is 4.62. The van der Waals surface area contributed by atoms with Crippen molar-refractivity contribution in [2.75, 3.05) is 19.6 Å². The van der Waals surface area contributed by atoms with Gasteiger partial charge < -0.3 is 5.32 Å². The number of nitrogens with zero attached hydrogens (tertiary/aromatic N) is 3. The molecule has 0 spiro atoms. The van der Waals surface area contributed by atoms with Crippen molar-refractivity contribution in [2.45, 2.75) is 25.4 Å². The number of hydrogen-bond donors (Lipinski definition) is 1. The highest BCUT2D eigenvalue weighted by atomic mass is 15.3. The number of aromatic nitrogens is 2. The molecule has 110 valence electrons. The molecule has 0 amide bonds. The third-order valence-corrected chi connectivity index (χ3v) is 4.74. The van der Waals surface area contributed by atoms with Crippen molar-refractivity contribution in [2.24, 2.45) is 5.92 Å². The van der Waals surface area contributed by atoms with E-state index in [4.69, 9.17) is 0 Å². The lowest BCUT2D eigenvalue weighted by Gasteiger charge is -2.24. The lowest BCUT2D eigenvalue weighted by Crippen LogP contribution is -2.40. The molecule has 4 rings (SSSR count). The van der Waals surface area contributed by atoms with Crippen LogP contribution in [-0.4, -0.2) is 40.4 Å². The second-order valence-electron chi connectivity index (χ2n) is 6.29. The first-order valence-corrected chi connectivity index (χ1v) is 7.93. The lowest BCUT2D eigenvalue weighted by molar-refractivity contribution is 0.312. The molecule has 0 bridgehead atoms. The van der Waals surface area contributed by atoms with Crippen molar-refractivity contribution in [3.05, 3.63) is 48.3 Å². The minimum absolute atomic E-state index is 0.711. The van der Waals surface area contributed by atoms with E-state index in [0.717, 1.165) is 18.2 Å². The highest BCUT2D eigenvalue weighted by Gasteiger charge is 2.33. The molecule has 1 aromatic heterocycles. The molecule has 0 aliphatic carbocycles. The highest BCUT2D eigenvalue weighted by molar-refractivity contribution is 5.30. The second kappa shape index (κ2) is 5.62. The summed E-state index contributed by atoms with van der Waals surface area (Å²) < 4.78 is 1.97. The van der Waals surface area contributed by atoms with Gasteiger partial charge in [-0.3, -0.25) is 4.90 Å². The van der Waals surface area contributed by atoms with Gasteiger partial charge in [-0.25, -0.2) is 4.68 Å². The van der Waals surface area contributed by atoms with Crippen molar-refractivity contribution in [3.8, 4) is 5.69 Å². The highest BCUT2D eigenvalue weighted by Crippen LogP contribution is 2.26. The molecule has 1 aromatic carbocycles. The molecular formula is C17H22N4. The first kappa shape index (κ1) is 13.0. The van der Waals surface area contributed by atoms with Crippen molar-refractivity contribution in [1.82, 2.24) is 20.0 Å². The molecule has 2 saturated heterocycles. The van der Waals surface area contributed by atoms with Gasteiger partial charge in [0.2, 0.25) is 0 Å². The van der Waals surface area contributed by atoms with Crippen molar-refractivity contribution in [3.63, 3.8) is 0 Å². The molecule has 0 saturated carbocycles. The molecule has 21 heavy (non-hydrogen) atoms. The summed E-state index contributed by atoms with van der Waals surface area (Å²) in [6.07, 6.45) is 6.88. The zero-order chi connectivity index (χ0) is 14.1. The number of likely N-dealkylation sites (tertiary alicyclic amines) is 1. The fourth-order valence-corrected chi connectivity index (χ4v) is 3.69. The van der Waals surface area contributed by atoms with Crippen LogP contribution in [0.25, 0.3) is 5.69 Å². The summed E-state index contributed by atoms with van der Waals surface area (Å²) in [5.41, 5.74) is 2.43. The zero-order valence-electron chi connectivity index (χ0n) is 12.3. The Morgan fingerprint density at radius 3 is 2.95 bits per heavy atom. The third kappa shape index (κ3) is 2.74. The molecule has 2 fully saturated rings. The minimum Gasteiger partial charge on any atom is -0.312 e. The van der Waals surface area contributed by atoms with E-state index in [1.165, 1.54) is 38.0 Å². The van der Waals surface area contributed by atoms with E-state index >= 15 is 0 Å². The average molecular weight is 282 g/mol. The minimum atomic E-state index is 0.711. The van der Waals surface area contributed by atoms with Gasteiger partial charge in [0.1, 0.15) is 0 Å². The van der Waals surface area contributed by atoms with E-state index in [1.807, 2.05) is 29.1 Å². The smallest absolute Gasteiger partial charge is 0.0645 e. The first-order valence-electron chi connectivity index (χ1n) is 7.93. The van der Waals surface area contributed by atoms with Crippen LogP contribution >= 0.6 is 0 Å². The standard InChI is InChI=1S/C17H22N4/c1-2-6-16(7-3-1)21-11-14(9-19-21)10-20-12-15-5-4-8-18-17(15)13-20/h1-3,6-7,9,11,15,17-18H,4-5,8,10,12-13H2/t15-,17+/m0/s1. The summed E-state index contributed by atoms with van der Waals surface area (Å²) in [5, 5.41) is 8.16. The van der Waals surface area contributed by atoms with Crippen LogP contribution in [0.15, 0.2) is 42.7 Å². The Bertz CT molecular complexity index is 578. The number of hydrogen-bond acceptors (Lipinski definition) is 3. The van der Waals surface area contributed by atoms with Gasteiger partial charge in [0.25, 0.3) is 0 Å². The Kier molecular flexibility index (Phi) is 3.49. The number of benzene rings is 1. The van der Waals surface area contributed by atoms with Crippen molar-refractivity contribution in [1.29, 1.82) is 0 Å². The number of rotatable bonds is 3. The molecule has 4 heteroatoms. The van der Waals surface area contributed by atoms with E-state index in [9.17, 15) is 0 Å². The average Bonchev–Trinajstić information content (AvgIpc) is 3.14. The van der Waals surface area contributed by atoms with E-state index in [-0.39, 0.29) is 0 Å². The van der Waals surface area contributed by atoms with Crippen LogP contribution < -0.4 is 5.32 Å². The van der Waals surface area contributed by atoms with Crippen molar-refractivity contribution < 1.29 is 0 Å². The number of piperidine rings is 1. The quantitative estimate of drug-likeness (QED) is 0.935. The molecule has 2 atom stereocenters. The number of fused-ring (bicyclic) bond motifs is 1. The molecule has 2 aromatic rings. The van der Waals surface area contributed by atoms with E-state index in [1.54, 1.807) is 0 Å². The molecule has 2 aliphatic rings. The third-order valence-electron chi connectivity index (χ3n) is 4.74. The molecule has 3 heterocycles. The largest absolute Gasteiger partial charge is 0.312 e. The first-order chi connectivity index (χ1) is 10.4. The van der Waals surface area contributed by atoms with Crippen LogP contribution in [-0.2, 0) is 6.54 Å². The summed E-state index contributed by atoms with van der Waals surface area (Å²) in [7, 11) is 0. The zero-order valence-corrected chi connectivity index (χ0v) is 12.3. The number of nitrogens with one attached hydrogen (secondary N) is 1. The van der Waals surface area contributed by atoms with Crippen LogP contribution in [0.3, 0.4) is 0 Å². The molecule has 0 unspecified atom stereocenters. The SMILES string of the molecule is c1ccc(-n2cc(CN3C[C@@H]4CCCN[C@@H]4C3)cn2)cc1. The normalized spacial score (nSPS) is 25.9. The molecule has 2 aliphatic heterocycles. The lowest BCUT2D eigenvalue weighted by atomic mass is 9.94. The van der Waals surface area contributed by atoms with Gasteiger partial charge in [-0.15, -0.1) is 0 Å². The van der Waals surface area contributed by atoms with Crippen LogP contribution in [0.4, 0.5) is 0 Å². The van der Waals surface area contributed by atoms with E-state index in [0.29, 0.717) is 6.04 Å². The summed E-state index contributed by atoms with van der Waals surface area (Å²) >= 11 is 0. The van der Waals surface area contributed by atoms with Gasteiger partial charge in [-0.2, -0.15) is 5.10 Å². The van der Waals surface area contributed by atoms with Gasteiger partial charge in [0, 0.05) is 37.4 Å². The van der Waals surface area contributed by atoms with Crippen LogP contribution in [0.5, 0.6) is 0 Å². The Hall–Kier alpha value is -1.65. The van der Waals surface area contributed by atoms with Crippen molar-refractivity contribution >= 4 is 0 Å². The molecule has 0 radical (unpaired) electrons. The molecule has 4 nitrogen and oxygen atoms in total. The maximum atomic E-state index is 4.49. The Morgan fingerprint density at radius 1 is 1.19 bits per heavy atom. The maximum Gasteiger partial charge on any atom is 0.0645 e. The second-order valence-corrected chi connectivity index (χ2v) is 6.29. The Labute approximate surface area is 125 Å². The van der Waals surface area contributed by atoms with E-state index < -0.39 is 0 Å². The topological polar surface area (TPSA) is 33.1 Å². The predicted molar refractivity (Wildman–Crippen MR) is 83.4 cm³/mol. The summed E-state index contributed by atoms with van der Waals surface area (Å²) in [6, 6.07) is 11.0. The van der Waals surface area contributed by atoms with Crippen LogP contribution in [0, 0.1) is 5.92 Å². The van der Waals surface area contributed by atoms with E-state index in [2.05, 4.69) is 33.6 Å². The van der Waals surface area contributed by atoms with Gasteiger partial charge in [-0.1, -0.05) is 18.2 Å².